The number of hydrogen-bond donors (Lipinski definition) is 1. The molecule has 0 amide bonds. The Morgan fingerprint density at radius 2 is 2.11 bits per heavy atom. The largest absolute Gasteiger partial charge is 0.496 e. The van der Waals surface area contributed by atoms with E-state index in [9.17, 15) is 0 Å². The quantitative estimate of drug-likeness (QED) is 0.518. The van der Waals surface area contributed by atoms with Gasteiger partial charge in [0, 0.05) is 11.0 Å². The monoisotopic (exact) mass is 441 g/mol. The summed E-state index contributed by atoms with van der Waals surface area (Å²) in [5.74, 6) is 0.205. The van der Waals surface area contributed by atoms with Crippen LogP contribution in [0.15, 0.2) is 40.5 Å². The van der Waals surface area contributed by atoms with Crippen LogP contribution < -0.4 is 5.73 Å². The third-order valence-corrected chi connectivity index (χ3v) is 5.98. The highest BCUT2D eigenvalue weighted by Crippen LogP contribution is 2.35. The molecule has 0 unspecified atom stereocenters. The number of aromatic nitrogens is 6. The van der Waals surface area contributed by atoms with Crippen LogP contribution in [0, 0.1) is 0 Å². The van der Waals surface area contributed by atoms with Gasteiger partial charge in [0.15, 0.2) is 0 Å². The molecule has 0 spiro atoms. The molecule has 4 aromatic rings. The van der Waals surface area contributed by atoms with Crippen LogP contribution >= 0.6 is 27.3 Å². The van der Waals surface area contributed by atoms with E-state index in [2.05, 4.69) is 41.2 Å². The molecule has 10 heteroatoms. The summed E-state index contributed by atoms with van der Waals surface area (Å²) in [5.41, 5.74) is 10.9. The fraction of sp³-hybridized carbons (Fsp3) is 0.118. The second-order valence-corrected chi connectivity index (χ2v) is 7.70. The van der Waals surface area contributed by atoms with E-state index in [1.165, 1.54) is 11.3 Å². The van der Waals surface area contributed by atoms with Crippen LogP contribution in [0.25, 0.3) is 27.2 Å². The van der Waals surface area contributed by atoms with E-state index in [0.29, 0.717) is 24.5 Å². The molecule has 8 nitrogen and oxygen atoms in total. The topological polar surface area (TPSA) is 105 Å². The number of fused-ring (bicyclic) bond motifs is 1. The Bertz CT molecular complexity index is 1200. The Morgan fingerprint density at radius 1 is 1.22 bits per heavy atom. The fourth-order valence-corrected chi connectivity index (χ4v) is 4.34. The molecule has 5 rings (SSSR count). The molecular weight excluding hydrogens is 430 g/mol. The van der Waals surface area contributed by atoms with Crippen molar-refractivity contribution < 1.29 is 4.74 Å². The van der Waals surface area contributed by atoms with Crippen LogP contribution in [0.2, 0.25) is 0 Å². The summed E-state index contributed by atoms with van der Waals surface area (Å²) in [6.45, 7) is 1.11. The predicted molar refractivity (Wildman–Crippen MR) is 106 cm³/mol. The minimum atomic E-state index is 0.205. The number of nitrogens with zero attached hydrogens (tertiary/aromatic N) is 6. The number of halogens is 1. The summed E-state index contributed by atoms with van der Waals surface area (Å²) in [6.07, 6.45) is 3.57. The second-order valence-electron chi connectivity index (χ2n) is 5.96. The molecule has 4 aromatic heterocycles. The van der Waals surface area contributed by atoms with E-state index >= 15 is 0 Å². The van der Waals surface area contributed by atoms with Gasteiger partial charge in [-0.3, -0.25) is 4.98 Å². The van der Waals surface area contributed by atoms with Gasteiger partial charge in [0.1, 0.15) is 23.5 Å². The van der Waals surface area contributed by atoms with Gasteiger partial charge in [0.05, 0.1) is 39.6 Å². The molecule has 0 bridgehead atoms. The normalized spacial score (nSPS) is 13.3. The third-order valence-electron chi connectivity index (χ3n) is 4.09. The summed E-state index contributed by atoms with van der Waals surface area (Å²) >= 11 is 5.02. The van der Waals surface area contributed by atoms with Crippen LogP contribution in [-0.4, -0.2) is 36.6 Å². The SMILES string of the molecule is Nc1nc(-c2cn(Cc3cccc(C4=COC4)n3)nn2)c2scc(Br)c2n1. The molecule has 0 radical (unpaired) electrons. The van der Waals surface area contributed by atoms with Crippen molar-refractivity contribution in [3.8, 4) is 11.4 Å². The standard InChI is InChI=1S/C17H12BrN7OS/c18-11-8-27-16-14(11)21-17(19)22-15(16)13-5-25(24-23-13)4-10-2-1-3-12(20-10)9-6-26-7-9/h1-3,5-6,8H,4,7H2,(H2,19,21,22). The maximum absolute atomic E-state index is 5.87. The van der Waals surface area contributed by atoms with Crippen LogP contribution in [0.4, 0.5) is 5.95 Å². The van der Waals surface area contributed by atoms with E-state index in [0.717, 1.165) is 31.7 Å². The average Bonchev–Trinajstić information content (AvgIpc) is 3.21. The highest BCUT2D eigenvalue weighted by molar-refractivity contribution is 9.10. The smallest absolute Gasteiger partial charge is 0.221 e. The summed E-state index contributed by atoms with van der Waals surface area (Å²) in [7, 11) is 0. The zero-order valence-electron chi connectivity index (χ0n) is 13.8. The van der Waals surface area contributed by atoms with Gasteiger partial charge in [-0.2, -0.15) is 0 Å². The lowest BCUT2D eigenvalue weighted by Crippen LogP contribution is -2.08. The molecule has 0 atom stereocenters. The van der Waals surface area contributed by atoms with Crippen molar-refractivity contribution in [3.05, 3.63) is 51.9 Å². The first-order valence-electron chi connectivity index (χ1n) is 8.05. The van der Waals surface area contributed by atoms with Crippen molar-refractivity contribution in [1.29, 1.82) is 0 Å². The molecule has 27 heavy (non-hydrogen) atoms. The maximum atomic E-state index is 5.87. The van der Waals surface area contributed by atoms with E-state index in [4.69, 9.17) is 10.5 Å². The van der Waals surface area contributed by atoms with Gasteiger partial charge in [0.25, 0.3) is 0 Å². The molecule has 5 heterocycles. The van der Waals surface area contributed by atoms with Crippen LogP contribution in [-0.2, 0) is 11.3 Å². The fourth-order valence-electron chi connectivity index (χ4n) is 2.78. The van der Waals surface area contributed by atoms with Gasteiger partial charge in [-0.25, -0.2) is 14.6 Å². The molecule has 1 aliphatic rings. The second kappa shape index (κ2) is 6.39. The Labute approximate surface area is 165 Å². The van der Waals surface area contributed by atoms with Gasteiger partial charge in [-0.1, -0.05) is 11.3 Å². The molecule has 0 fully saturated rings. The minimum Gasteiger partial charge on any atom is -0.496 e. The van der Waals surface area contributed by atoms with Gasteiger partial charge in [-0.05, 0) is 28.1 Å². The molecular formula is C17H12BrN7OS. The van der Waals surface area contributed by atoms with Crippen LogP contribution in [0.3, 0.4) is 0 Å². The molecule has 134 valence electrons. The Kier molecular flexibility index (Phi) is 3.87. The average molecular weight is 442 g/mol. The van der Waals surface area contributed by atoms with Crippen LogP contribution in [0.5, 0.6) is 0 Å². The van der Waals surface area contributed by atoms with Crippen molar-refractivity contribution >= 4 is 49.0 Å². The predicted octanol–water partition coefficient (Wildman–Crippen LogP) is 3.11. The maximum Gasteiger partial charge on any atom is 0.221 e. The molecule has 0 saturated heterocycles. The van der Waals surface area contributed by atoms with E-state index in [1.807, 2.05) is 29.8 Å². The Morgan fingerprint density at radius 3 is 2.93 bits per heavy atom. The van der Waals surface area contributed by atoms with E-state index in [1.54, 1.807) is 10.9 Å². The number of nitrogens with two attached hydrogens (primary N) is 1. The molecule has 1 aliphatic heterocycles. The summed E-state index contributed by atoms with van der Waals surface area (Å²) in [4.78, 5) is 13.3. The highest BCUT2D eigenvalue weighted by Gasteiger charge is 2.16. The number of anilines is 1. The summed E-state index contributed by atoms with van der Waals surface area (Å²) in [5, 5.41) is 10.4. The van der Waals surface area contributed by atoms with Gasteiger partial charge < -0.3 is 10.5 Å². The lowest BCUT2D eigenvalue weighted by atomic mass is 10.1. The Balaban J connectivity index is 1.47. The lowest BCUT2D eigenvalue weighted by molar-refractivity contribution is 0.256. The third kappa shape index (κ3) is 2.96. The van der Waals surface area contributed by atoms with Crippen molar-refractivity contribution in [3.63, 3.8) is 0 Å². The molecule has 0 aromatic carbocycles. The number of nitrogen functional groups attached to an aromatic ring is 1. The minimum absolute atomic E-state index is 0.205. The van der Waals surface area contributed by atoms with Crippen molar-refractivity contribution in [2.24, 2.45) is 0 Å². The first kappa shape index (κ1) is 16.3. The molecule has 2 N–H and O–H groups in total. The van der Waals surface area contributed by atoms with Crippen LogP contribution in [0.1, 0.15) is 11.4 Å². The van der Waals surface area contributed by atoms with Gasteiger partial charge in [0.2, 0.25) is 5.95 Å². The van der Waals surface area contributed by atoms with Crippen molar-refractivity contribution in [1.82, 2.24) is 29.9 Å². The number of thiophene rings is 1. The number of rotatable bonds is 4. The number of pyridine rings is 1. The van der Waals surface area contributed by atoms with Gasteiger partial charge in [-0.15, -0.1) is 16.4 Å². The van der Waals surface area contributed by atoms with E-state index in [-0.39, 0.29) is 5.95 Å². The Hall–Kier alpha value is -2.85. The lowest BCUT2D eigenvalue weighted by Gasteiger charge is -2.15. The summed E-state index contributed by atoms with van der Waals surface area (Å²) < 4.78 is 8.63. The summed E-state index contributed by atoms with van der Waals surface area (Å²) in [6, 6.07) is 5.91. The first-order valence-corrected chi connectivity index (χ1v) is 9.72. The number of ether oxygens (including phenoxy) is 1. The zero-order valence-corrected chi connectivity index (χ0v) is 16.2. The highest BCUT2D eigenvalue weighted by atomic mass is 79.9. The van der Waals surface area contributed by atoms with Crippen molar-refractivity contribution in [2.45, 2.75) is 6.54 Å². The van der Waals surface area contributed by atoms with Gasteiger partial charge >= 0.3 is 0 Å². The number of hydrogen-bond acceptors (Lipinski definition) is 8. The molecule has 0 saturated carbocycles. The van der Waals surface area contributed by atoms with Crippen molar-refractivity contribution in [2.75, 3.05) is 12.3 Å². The molecule has 0 aliphatic carbocycles. The zero-order chi connectivity index (χ0) is 18.4. The first-order chi connectivity index (χ1) is 13.2. The van der Waals surface area contributed by atoms with E-state index < -0.39 is 0 Å².